The second-order valence-electron chi connectivity index (χ2n) is 10.6. The smallest absolute Gasteiger partial charge is 0.430 e. The lowest BCUT2D eigenvalue weighted by molar-refractivity contribution is -0.143. The monoisotopic (exact) mass is 654 g/mol. The van der Waals surface area contributed by atoms with Crippen molar-refractivity contribution in [3.8, 4) is 0 Å². The Hall–Kier alpha value is -4.25. The first-order chi connectivity index (χ1) is 20.7. The maximum absolute atomic E-state index is 14.0. The lowest BCUT2D eigenvalue weighted by Crippen LogP contribution is -2.31. The number of fused-ring (bicyclic) bond motifs is 1. The molecule has 0 amide bonds. The number of hydroxylamine groups is 1. The Bertz CT molecular complexity index is 1500. The van der Waals surface area contributed by atoms with Crippen molar-refractivity contribution in [1.29, 1.82) is 0 Å². The molecule has 0 saturated carbocycles. The summed E-state index contributed by atoms with van der Waals surface area (Å²) >= 11 is 0. The van der Waals surface area contributed by atoms with Crippen LogP contribution in [0.1, 0.15) is 66.1 Å². The number of hydrogen-bond donors (Lipinski definition) is 0. The van der Waals surface area contributed by atoms with Gasteiger partial charge in [-0.3, -0.25) is 0 Å². The predicted octanol–water partition coefficient (Wildman–Crippen LogP) is 7.40. The van der Waals surface area contributed by atoms with Crippen molar-refractivity contribution in [3.63, 3.8) is 0 Å². The van der Waals surface area contributed by atoms with E-state index < -0.39 is 65.6 Å². The molecule has 0 bridgehead atoms. The summed E-state index contributed by atoms with van der Waals surface area (Å²) in [6.07, 6.45) is -16.6. The molecule has 0 fully saturated rings. The molecule has 0 spiro atoms. The number of rotatable bonds is 6. The molecule has 0 saturated heterocycles. The van der Waals surface area contributed by atoms with E-state index in [4.69, 9.17) is 9.57 Å². The molecule has 0 aliphatic carbocycles. The van der Waals surface area contributed by atoms with Gasteiger partial charge in [0.1, 0.15) is 0 Å². The zero-order valence-corrected chi connectivity index (χ0v) is 24.2. The molecule has 18 heteroatoms. The zero-order valence-electron chi connectivity index (χ0n) is 24.2. The van der Waals surface area contributed by atoms with E-state index in [0.717, 1.165) is 15.9 Å². The van der Waals surface area contributed by atoms with Crippen molar-refractivity contribution < 1.29 is 53.9 Å². The van der Waals surface area contributed by atoms with E-state index in [1.165, 1.54) is 38.8 Å². The first-order valence-electron chi connectivity index (χ1n) is 13.4. The molecule has 1 aliphatic rings. The van der Waals surface area contributed by atoms with E-state index in [0.29, 0.717) is 12.1 Å². The third-order valence-corrected chi connectivity index (χ3v) is 6.79. The van der Waals surface area contributed by atoms with Gasteiger partial charge in [0.25, 0.3) is 5.95 Å². The van der Waals surface area contributed by atoms with Gasteiger partial charge in [0, 0.05) is 12.1 Å². The largest absolute Gasteiger partial charge is 0.533 e. The van der Waals surface area contributed by atoms with Crippen molar-refractivity contribution in [2.45, 2.75) is 70.8 Å². The predicted molar refractivity (Wildman–Crippen MR) is 140 cm³/mol. The van der Waals surface area contributed by atoms with Crippen molar-refractivity contribution in [1.82, 2.24) is 20.2 Å². The summed E-state index contributed by atoms with van der Waals surface area (Å²) in [6.45, 7) is 3.50. The van der Waals surface area contributed by atoms with Gasteiger partial charge in [-0.25, -0.2) is 9.86 Å². The normalized spacial score (nSPS) is 16.0. The quantitative estimate of drug-likeness (QED) is 0.201. The molecule has 3 aromatic rings. The Balaban J connectivity index is 1.89. The first-order valence-corrected chi connectivity index (χ1v) is 13.4. The minimum atomic E-state index is -5.12. The molecule has 1 atom stereocenters. The van der Waals surface area contributed by atoms with Gasteiger partial charge in [-0.05, 0) is 74.2 Å². The van der Waals surface area contributed by atoms with Crippen molar-refractivity contribution in [3.05, 3.63) is 63.7 Å². The number of aromatic nitrogens is 4. The van der Waals surface area contributed by atoms with Gasteiger partial charge in [-0.2, -0.15) is 44.3 Å². The Morgan fingerprint density at radius 1 is 0.978 bits per heavy atom. The first kappa shape index (κ1) is 33.6. The molecule has 0 radical (unpaired) electrons. The number of tetrazole rings is 1. The molecule has 1 aromatic heterocycles. The van der Waals surface area contributed by atoms with Crippen LogP contribution in [0.3, 0.4) is 0 Å². The third-order valence-electron chi connectivity index (χ3n) is 6.79. The van der Waals surface area contributed by atoms with Crippen LogP contribution in [0.25, 0.3) is 0 Å². The topological polar surface area (TPSA) is 85.6 Å². The second kappa shape index (κ2) is 12.3. The number of nitrogens with zero attached hydrogens (tertiary/aromatic N) is 6. The third kappa shape index (κ3) is 7.89. The lowest BCUT2D eigenvalue weighted by atomic mass is 9.94. The Kier molecular flexibility index (Phi) is 9.17. The lowest BCUT2D eigenvalue weighted by Gasteiger charge is -2.33. The van der Waals surface area contributed by atoms with Gasteiger partial charge in [0.05, 0.1) is 48.1 Å². The Labute approximate surface area is 250 Å². The van der Waals surface area contributed by atoms with Crippen LogP contribution in [-0.2, 0) is 41.7 Å². The van der Waals surface area contributed by atoms with Crippen LogP contribution in [0.4, 0.5) is 55.9 Å². The van der Waals surface area contributed by atoms with Gasteiger partial charge < -0.3 is 14.5 Å². The van der Waals surface area contributed by atoms with E-state index in [1.807, 2.05) is 0 Å². The highest BCUT2D eigenvalue weighted by Gasteiger charge is 2.40. The second-order valence-corrected chi connectivity index (χ2v) is 10.6. The van der Waals surface area contributed by atoms with Gasteiger partial charge in [-0.1, -0.05) is 11.2 Å². The highest BCUT2D eigenvalue weighted by molar-refractivity contribution is 5.66. The maximum atomic E-state index is 14.0. The SMILES string of the molecule is Cc1cc2c(cc1C(F)(F)F)N(OC(=O)OC(C)C)CCC[C@@H]2N(Cc1cc(C(F)(F)F)cc(C(F)(F)F)c1)c1nnn(C)n1. The highest BCUT2D eigenvalue weighted by atomic mass is 19.4. The van der Waals surface area contributed by atoms with Gasteiger partial charge in [0.2, 0.25) is 0 Å². The number of alkyl halides is 9. The molecule has 2 heterocycles. The van der Waals surface area contributed by atoms with E-state index in [9.17, 15) is 44.3 Å². The van der Waals surface area contributed by atoms with Crippen molar-refractivity contribution in [2.24, 2.45) is 7.05 Å². The fraction of sp³-hybridized carbons (Fsp3) is 0.481. The van der Waals surface area contributed by atoms with Crippen LogP contribution >= 0.6 is 0 Å². The molecular formula is C27H27F9N6O3. The number of aryl methyl sites for hydroxylation is 2. The van der Waals surface area contributed by atoms with Crippen molar-refractivity contribution in [2.75, 3.05) is 16.5 Å². The highest BCUT2D eigenvalue weighted by Crippen LogP contribution is 2.44. The molecule has 2 aromatic carbocycles. The Morgan fingerprint density at radius 2 is 1.60 bits per heavy atom. The average Bonchev–Trinajstić information content (AvgIpc) is 3.25. The van der Waals surface area contributed by atoms with Gasteiger partial charge in [0.15, 0.2) is 0 Å². The average molecular weight is 655 g/mol. The number of hydrogen-bond acceptors (Lipinski definition) is 8. The summed E-state index contributed by atoms with van der Waals surface area (Å²) in [5, 5.41) is 12.6. The molecule has 0 N–H and O–H groups in total. The number of benzene rings is 2. The Morgan fingerprint density at radius 3 is 2.11 bits per heavy atom. The fourth-order valence-electron chi connectivity index (χ4n) is 4.95. The van der Waals surface area contributed by atoms with Crippen LogP contribution in [0.2, 0.25) is 0 Å². The molecular weight excluding hydrogens is 627 g/mol. The molecule has 0 unspecified atom stereocenters. The zero-order chi connectivity index (χ0) is 33.5. The van der Waals surface area contributed by atoms with Crippen LogP contribution < -0.4 is 9.96 Å². The minimum Gasteiger partial charge on any atom is -0.430 e. The number of carbonyl (C=O) groups excluding carboxylic acids is 1. The van der Waals surface area contributed by atoms with E-state index in [-0.39, 0.29) is 48.2 Å². The van der Waals surface area contributed by atoms with Gasteiger partial charge >= 0.3 is 24.7 Å². The van der Waals surface area contributed by atoms with E-state index in [1.54, 1.807) is 0 Å². The summed E-state index contributed by atoms with van der Waals surface area (Å²) in [7, 11) is 1.37. The number of anilines is 2. The molecule has 246 valence electrons. The van der Waals surface area contributed by atoms with E-state index in [2.05, 4.69) is 15.4 Å². The molecule has 9 nitrogen and oxygen atoms in total. The summed E-state index contributed by atoms with van der Waals surface area (Å²) < 4.78 is 129. The number of halogens is 9. The molecule has 45 heavy (non-hydrogen) atoms. The van der Waals surface area contributed by atoms with Crippen LogP contribution in [0.5, 0.6) is 0 Å². The summed E-state index contributed by atoms with van der Waals surface area (Å²) in [5.74, 6) is -0.217. The standard InChI is InChI=1S/C27H27F9N6O3/c1-14(2)44-24(43)45-42-7-5-6-21(19-8-15(3)20(12-22(19)42)27(34,35)36)41(23-37-39-40(4)38-23)13-16-9-17(25(28,29)30)11-18(10-16)26(31,32)33/h8-12,14,21H,5-7,13H2,1-4H3/t21-/m0/s1. The summed E-state index contributed by atoms with van der Waals surface area (Å²) in [5.41, 5.74) is -4.90. The number of carbonyl (C=O) groups is 1. The molecule has 1 aliphatic heterocycles. The van der Waals surface area contributed by atoms with Crippen LogP contribution in [0, 0.1) is 6.92 Å². The van der Waals surface area contributed by atoms with Crippen LogP contribution in [-0.4, -0.2) is 39.0 Å². The number of ether oxygens (including phenoxy) is 1. The summed E-state index contributed by atoms with van der Waals surface area (Å²) in [4.78, 5) is 19.9. The minimum absolute atomic E-state index is 0.0111. The maximum Gasteiger partial charge on any atom is 0.533 e. The molecule has 4 rings (SSSR count). The van der Waals surface area contributed by atoms with E-state index >= 15 is 0 Å². The van der Waals surface area contributed by atoms with Crippen molar-refractivity contribution >= 4 is 17.8 Å². The summed E-state index contributed by atoms with van der Waals surface area (Å²) in [6, 6.07) is 2.00. The fourth-order valence-corrected chi connectivity index (χ4v) is 4.95. The van der Waals surface area contributed by atoms with Gasteiger partial charge in [-0.15, -0.1) is 5.10 Å². The van der Waals surface area contributed by atoms with Crippen LogP contribution in [0.15, 0.2) is 30.3 Å².